The molecule has 1 aliphatic heterocycles. The number of hydrogen-bond acceptors (Lipinski definition) is 4. The molecule has 0 aromatic heterocycles. The van der Waals surface area contributed by atoms with E-state index in [1.54, 1.807) is 29.2 Å². The summed E-state index contributed by atoms with van der Waals surface area (Å²) in [6, 6.07) is 6.45. The number of methoxy groups -OCH3 is 1. The van der Waals surface area contributed by atoms with Gasteiger partial charge in [-0.2, -0.15) is 0 Å². The fourth-order valence-corrected chi connectivity index (χ4v) is 2.79. The third-order valence-corrected chi connectivity index (χ3v) is 3.97. The second kappa shape index (κ2) is 6.72. The third kappa shape index (κ3) is 3.24. The first-order chi connectivity index (χ1) is 10.1. The highest BCUT2D eigenvalue weighted by atomic mass is 16.5. The molecule has 114 valence electrons. The zero-order valence-electron chi connectivity index (χ0n) is 12.4. The van der Waals surface area contributed by atoms with Crippen LogP contribution in [0.15, 0.2) is 24.3 Å². The van der Waals surface area contributed by atoms with Gasteiger partial charge in [-0.15, -0.1) is 0 Å². The minimum Gasteiger partial charge on any atom is -0.465 e. The van der Waals surface area contributed by atoms with Crippen LogP contribution in [0.25, 0.3) is 0 Å². The molecule has 0 aliphatic carbocycles. The molecule has 1 aliphatic rings. The third-order valence-electron chi connectivity index (χ3n) is 3.97. The van der Waals surface area contributed by atoms with Crippen molar-refractivity contribution in [2.24, 2.45) is 0 Å². The molecule has 1 amide bonds. The number of carbonyl (C=O) groups is 2. The van der Waals surface area contributed by atoms with Crippen molar-refractivity contribution in [3.8, 4) is 0 Å². The second-order valence-corrected chi connectivity index (χ2v) is 5.22. The van der Waals surface area contributed by atoms with Crippen LogP contribution in [0.1, 0.15) is 48.2 Å². The molecule has 5 heteroatoms. The normalized spacial score (nSPS) is 17.7. The average Bonchev–Trinajstić information content (AvgIpc) is 2.93. The molecule has 1 aromatic rings. The van der Waals surface area contributed by atoms with Crippen molar-refractivity contribution in [2.45, 2.75) is 38.3 Å². The van der Waals surface area contributed by atoms with Gasteiger partial charge in [0, 0.05) is 13.0 Å². The van der Waals surface area contributed by atoms with E-state index in [0.29, 0.717) is 30.5 Å². The summed E-state index contributed by atoms with van der Waals surface area (Å²) in [5.74, 6) is -0.301. The number of hydrogen-bond donors (Lipinski definition) is 1. The Labute approximate surface area is 124 Å². The molecule has 5 nitrogen and oxygen atoms in total. The summed E-state index contributed by atoms with van der Waals surface area (Å²) in [7, 11) is 1.33. The van der Waals surface area contributed by atoms with Gasteiger partial charge in [-0.3, -0.25) is 4.79 Å². The Kier molecular flexibility index (Phi) is 4.96. The van der Waals surface area contributed by atoms with Crippen molar-refractivity contribution in [2.75, 3.05) is 13.7 Å². The number of carbonyl (C=O) groups excluding carboxylic acids is 2. The number of nitrogens with zero attached hydrogens (tertiary/aromatic N) is 1. The van der Waals surface area contributed by atoms with E-state index in [0.717, 1.165) is 6.42 Å². The highest BCUT2D eigenvalue weighted by molar-refractivity contribution is 5.89. The van der Waals surface area contributed by atoms with Gasteiger partial charge < -0.3 is 14.7 Å². The predicted molar refractivity (Wildman–Crippen MR) is 77.8 cm³/mol. The first kappa shape index (κ1) is 15.5. The van der Waals surface area contributed by atoms with Crippen molar-refractivity contribution in [3.05, 3.63) is 35.4 Å². The summed E-state index contributed by atoms with van der Waals surface area (Å²) in [5.41, 5.74) is 1.15. The van der Waals surface area contributed by atoms with Crippen molar-refractivity contribution < 1.29 is 19.4 Å². The monoisotopic (exact) mass is 291 g/mol. The molecule has 0 radical (unpaired) electrons. The molecular weight excluding hydrogens is 270 g/mol. The molecule has 0 saturated carbocycles. The van der Waals surface area contributed by atoms with Crippen LogP contribution in [-0.2, 0) is 9.53 Å². The van der Waals surface area contributed by atoms with Crippen LogP contribution < -0.4 is 0 Å². The standard InChI is InChI=1S/C16H21NO4/c1-3-13(17-10-4-5-14(17)18)15(19)11-6-8-12(9-7-11)16(20)21-2/h6-9,13,15,19H,3-5,10H2,1-2H3. The Morgan fingerprint density at radius 2 is 2.05 bits per heavy atom. The molecule has 2 atom stereocenters. The fraction of sp³-hybridized carbons (Fsp3) is 0.500. The van der Waals surface area contributed by atoms with Gasteiger partial charge in [0.2, 0.25) is 5.91 Å². The molecule has 1 aromatic carbocycles. The molecule has 1 fully saturated rings. The van der Waals surface area contributed by atoms with E-state index in [9.17, 15) is 14.7 Å². The van der Waals surface area contributed by atoms with Crippen molar-refractivity contribution >= 4 is 11.9 Å². The van der Waals surface area contributed by atoms with E-state index in [-0.39, 0.29) is 11.9 Å². The van der Waals surface area contributed by atoms with Crippen molar-refractivity contribution in [3.63, 3.8) is 0 Å². The first-order valence-electron chi connectivity index (χ1n) is 7.24. The minimum absolute atomic E-state index is 0.104. The number of benzene rings is 1. The van der Waals surface area contributed by atoms with E-state index >= 15 is 0 Å². The zero-order chi connectivity index (χ0) is 15.4. The molecule has 2 unspecified atom stereocenters. The van der Waals surface area contributed by atoms with Crippen molar-refractivity contribution in [1.82, 2.24) is 4.90 Å². The molecule has 2 rings (SSSR count). The molecule has 1 saturated heterocycles. The number of esters is 1. The Bertz CT molecular complexity index is 512. The maximum atomic E-state index is 11.8. The zero-order valence-corrected chi connectivity index (χ0v) is 12.4. The van der Waals surface area contributed by atoms with E-state index in [4.69, 9.17) is 0 Å². The van der Waals surface area contributed by atoms with Crippen LogP contribution in [0.2, 0.25) is 0 Å². The molecule has 1 N–H and O–H groups in total. The number of aliphatic hydroxyl groups is 1. The number of ether oxygens (including phenoxy) is 1. The molecule has 1 heterocycles. The highest BCUT2D eigenvalue weighted by Gasteiger charge is 2.32. The fourth-order valence-electron chi connectivity index (χ4n) is 2.79. The van der Waals surface area contributed by atoms with Crippen LogP contribution in [0.5, 0.6) is 0 Å². The predicted octanol–water partition coefficient (Wildman–Crippen LogP) is 1.91. The van der Waals surface area contributed by atoms with Crippen LogP contribution in [0.4, 0.5) is 0 Å². The van der Waals surface area contributed by atoms with Crippen molar-refractivity contribution in [1.29, 1.82) is 0 Å². The number of amides is 1. The number of likely N-dealkylation sites (tertiary alicyclic amines) is 1. The number of aliphatic hydroxyl groups excluding tert-OH is 1. The first-order valence-corrected chi connectivity index (χ1v) is 7.24. The van der Waals surface area contributed by atoms with Crippen LogP contribution in [-0.4, -0.2) is 41.6 Å². The summed E-state index contributed by atoms with van der Waals surface area (Å²) >= 11 is 0. The Morgan fingerprint density at radius 3 is 2.52 bits per heavy atom. The smallest absolute Gasteiger partial charge is 0.337 e. The maximum absolute atomic E-state index is 11.8. The second-order valence-electron chi connectivity index (χ2n) is 5.22. The summed E-state index contributed by atoms with van der Waals surface area (Å²) in [4.78, 5) is 25.0. The minimum atomic E-state index is -0.747. The lowest BCUT2D eigenvalue weighted by Crippen LogP contribution is -2.40. The van der Waals surface area contributed by atoms with Gasteiger partial charge in [0.15, 0.2) is 0 Å². The van der Waals surface area contributed by atoms with Crippen LogP contribution in [0.3, 0.4) is 0 Å². The van der Waals surface area contributed by atoms with Gasteiger partial charge in [-0.1, -0.05) is 19.1 Å². The topological polar surface area (TPSA) is 66.8 Å². The maximum Gasteiger partial charge on any atom is 0.337 e. The van der Waals surface area contributed by atoms with E-state index in [1.807, 2.05) is 6.92 Å². The van der Waals surface area contributed by atoms with Gasteiger partial charge in [-0.05, 0) is 30.5 Å². The number of rotatable bonds is 5. The van der Waals surface area contributed by atoms with E-state index in [2.05, 4.69) is 4.74 Å². The van der Waals surface area contributed by atoms with Crippen LogP contribution >= 0.6 is 0 Å². The molecule has 0 bridgehead atoms. The lowest BCUT2D eigenvalue weighted by Gasteiger charge is -2.31. The summed E-state index contributed by atoms with van der Waals surface area (Å²) in [6.07, 6.45) is 1.35. The van der Waals surface area contributed by atoms with Crippen LogP contribution in [0, 0.1) is 0 Å². The average molecular weight is 291 g/mol. The van der Waals surface area contributed by atoms with E-state index < -0.39 is 12.1 Å². The molecular formula is C16H21NO4. The van der Waals surface area contributed by atoms with Gasteiger partial charge >= 0.3 is 5.97 Å². The Hall–Kier alpha value is -1.88. The summed E-state index contributed by atoms with van der Waals surface area (Å²) in [5, 5.41) is 10.5. The Morgan fingerprint density at radius 1 is 1.38 bits per heavy atom. The van der Waals surface area contributed by atoms with Gasteiger partial charge in [0.25, 0.3) is 0 Å². The lowest BCUT2D eigenvalue weighted by atomic mass is 9.98. The Balaban J connectivity index is 2.15. The lowest BCUT2D eigenvalue weighted by molar-refractivity contribution is -0.132. The highest BCUT2D eigenvalue weighted by Crippen LogP contribution is 2.27. The molecule has 0 spiro atoms. The van der Waals surface area contributed by atoms with E-state index in [1.165, 1.54) is 7.11 Å². The van der Waals surface area contributed by atoms with Gasteiger partial charge in [0.1, 0.15) is 0 Å². The quantitative estimate of drug-likeness (QED) is 0.842. The van der Waals surface area contributed by atoms with Gasteiger partial charge in [0.05, 0.1) is 24.8 Å². The summed E-state index contributed by atoms with van der Waals surface area (Å²) < 4.78 is 4.65. The van der Waals surface area contributed by atoms with Gasteiger partial charge in [-0.25, -0.2) is 4.79 Å². The SMILES string of the molecule is CCC(C(O)c1ccc(C(=O)OC)cc1)N1CCCC1=O. The molecule has 21 heavy (non-hydrogen) atoms. The summed E-state index contributed by atoms with van der Waals surface area (Å²) in [6.45, 7) is 2.66. The largest absolute Gasteiger partial charge is 0.465 e.